The summed E-state index contributed by atoms with van der Waals surface area (Å²) in [5.41, 5.74) is 1.72. The lowest BCUT2D eigenvalue weighted by atomic mass is 10.3. The summed E-state index contributed by atoms with van der Waals surface area (Å²) in [5, 5.41) is 6.95. The van der Waals surface area contributed by atoms with Crippen LogP contribution in [0.2, 0.25) is 0 Å². The first-order valence-corrected chi connectivity index (χ1v) is 10.9. The molecule has 0 amide bonds. The fraction of sp³-hybridized carbons (Fsp3) is 0.500. The summed E-state index contributed by atoms with van der Waals surface area (Å²) in [7, 11) is -3.18. The average Bonchev–Trinajstić information content (AvgIpc) is 3.53. The lowest BCUT2D eigenvalue weighted by molar-refractivity contribution is -0.192. The highest BCUT2D eigenvalue weighted by Gasteiger charge is 2.41. The van der Waals surface area contributed by atoms with Gasteiger partial charge in [0.05, 0.1) is 30.0 Å². The van der Waals surface area contributed by atoms with E-state index in [2.05, 4.69) is 9.97 Å². The molecule has 2 aromatic rings. The number of halogens is 3. The Hall–Kier alpha value is -2.67. The summed E-state index contributed by atoms with van der Waals surface area (Å²) in [6.45, 7) is 2.05. The van der Waals surface area contributed by atoms with Crippen LogP contribution in [-0.4, -0.2) is 56.3 Å². The number of ether oxygens (including phenoxy) is 1. The molecule has 1 fully saturated rings. The predicted molar refractivity (Wildman–Crippen MR) is 101 cm³/mol. The third kappa shape index (κ3) is 5.94. The van der Waals surface area contributed by atoms with E-state index in [-0.39, 0.29) is 5.25 Å². The SMILES string of the molecule is O=C(O)C(F)(F)F.O=S(=O)(C1CC1)N1CCCn2cnc(COc3cccnc3)c2C1. The van der Waals surface area contributed by atoms with E-state index in [1.165, 1.54) is 0 Å². The zero-order valence-corrected chi connectivity index (χ0v) is 17.1. The number of pyridine rings is 1. The van der Waals surface area contributed by atoms with Gasteiger partial charge >= 0.3 is 12.1 Å². The zero-order chi connectivity index (χ0) is 22.6. The second kappa shape index (κ2) is 9.22. The van der Waals surface area contributed by atoms with Crippen molar-refractivity contribution < 1.29 is 36.2 Å². The number of carbonyl (C=O) groups is 1. The molecule has 13 heteroatoms. The van der Waals surface area contributed by atoms with Crippen LogP contribution in [0.25, 0.3) is 0 Å². The van der Waals surface area contributed by atoms with Gasteiger partial charge in [-0.1, -0.05) is 0 Å². The summed E-state index contributed by atoms with van der Waals surface area (Å²) in [5.74, 6) is -2.08. The van der Waals surface area contributed by atoms with Gasteiger partial charge in [-0.3, -0.25) is 4.98 Å². The molecule has 2 aromatic heterocycles. The molecule has 1 aliphatic carbocycles. The van der Waals surface area contributed by atoms with Crippen molar-refractivity contribution in [2.75, 3.05) is 6.54 Å². The standard InChI is InChI=1S/C16H20N4O3S.C2HF3O2/c21-24(22,14-4-5-14)20-8-2-7-19-12-18-15(16(19)10-20)11-23-13-3-1-6-17-9-13;3-2(4,5)1(6)7/h1,3,6,9,12,14H,2,4-5,7-8,10-11H2;(H,6,7). The fourth-order valence-corrected chi connectivity index (χ4v) is 4.83. The Labute approximate surface area is 176 Å². The Morgan fingerprint density at radius 3 is 2.58 bits per heavy atom. The molecule has 0 unspecified atom stereocenters. The number of aromatic nitrogens is 3. The van der Waals surface area contributed by atoms with Gasteiger partial charge in [0.1, 0.15) is 18.1 Å². The Balaban J connectivity index is 0.000000339. The molecule has 0 radical (unpaired) electrons. The van der Waals surface area contributed by atoms with Crippen LogP contribution in [0, 0.1) is 0 Å². The monoisotopic (exact) mass is 462 g/mol. The molecule has 0 aromatic carbocycles. The summed E-state index contributed by atoms with van der Waals surface area (Å²) >= 11 is 0. The zero-order valence-electron chi connectivity index (χ0n) is 16.3. The second-order valence-electron chi connectivity index (χ2n) is 7.04. The van der Waals surface area contributed by atoms with Crippen LogP contribution < -0.4 is 4.74 Å². The molecule has 0 saturated heterocycles. The molecule has 1 saturated carbocycles. The molecule has 1 aliphatic heterocycles. The molecule has 170 valence electrons. The van der Waals surface area contributed by atoms with Crippen molar-refractivity contribution in [1.29, 1.82) is 0 Å². The van der Waals surface area contributed by atoms with E-state index < -0.39 is 22.2 Å². The van der Waals surface area contributed by atoms with Gasteiger partial charge in [0.2, 0.25) is 10.0 Å². The van der Waals surface area contributed by atoms with E-state index in [9.17, 15) is 21.6 Å². The van der Waals surface area contributed by atoms with E-state index >= 15 is 0 Å². The van der Waals surface area contributed by atoms with Crippen LogP contribution >= 0.6 is 0 Å². The Bertz CT molecular complexity index is 1010. The number of imidazole rings is 1. The molecule has 4 rings (SSSR count). The number of carboxylic acid groups (broad SMARTS) is 1. The number of aliphatic carboxylic acids is 1. The molecule has 1 N–H and O–H groups in total. The minimum atomic E-state index is -5.08. The third-order valence-corrected chi connectivity index (χ3v) is 7.07. The maximum atomic E-state index is 12.6. The molecule has 31 heavy (non-hydrogen) atoms. The van der Waals surface area contributed by atoms with E-state index in [0.29, 0.717) is 25.4 Å². The first kappa shape index (κ1) is 23.0. The van der Waals surface area contributed by atoms with Gasteiger partial charge in [-0.05, 0) is 31.4 Å². The van der Waals surface area contributed by atoms with Crippen LogP contribution in [0.4, 0.5) is 13.2 Å². The number of alkyl halides is 3. The minimum Gasteiger partial charge on any atom is -0.486 e. The number of fused-ring (bicyclic) bond motifs is 1. The van der Waals surface area contributed by atoms with Crippen molar-refractivity contribution in [3.05, 3.63) is 42.2 Å². The molecule has 3 heterocycles. The molecule has 0 atom stereocenters. The molecule has 2 aliphatic rings. The van der Waals surface area contributed by atoms with Gasteiger partial charge in [0.25, 0.3) is 0 Å². The highest BCUT2D eigenvalue weighted by Crippen LogP contribution is 2.33. The number of aryl methyl sites for hydroxylation is 1. The van der Waals surface area contributed by atoms with Crippen LogP contribution in [0.5, 0.6) is 5.75 Å². The lowest BCUT2D eigenvalue weighted by Crippen LogP contribution is -2.33. The normalized spacial score (nSPS) is 17.1. The smallest absolute Gasteiger partial charge is 0.486 e. The van der Waals surface area contributed by atoms with Crippen LogP contribution in [0.3, 0.4) is 0 Å². The number of sulfonamides is 1. The number of hydrogen-bond acceptors (Lipinski definition) is 6. The van der Waals surface area contributed by atoms with Crippen molar-refractivity contribution in [2.45, 2.75) is 50.4 Å². The highest BCUT2D eigenvalue weighted by molar-refractivity contribution is 7.90. The number of hydrogen-bond donors (Lipinski definition) is 1. The van der Waals surface area contributed by atoms with Crippen molar-refractivity contribution in [1.82, 2.24) is 18.8 Å². The highest BCUT2D eigenvalue weighted by atomic mass is 32.2. The first-order valence-electron chi connectivity index (χ1n) is 9.44. The molecule has 0 spiro atoms. The van der Waals surface area contributed by atoms with Gasteiger partial charge in [0.15, 0.2) is 0 Å². The van der Waals surface area contributed by atoms with Crippen molar-refractivity contribution >= 4 is 16.0 Å². The number of nitrogens with zero attached hydrogens (tertiary/aromatic N) is 4. The van der Waals surface area contributed by atoms with E-state index in [1.807, 2.05) is 16.7 Å². The van der Waals surface area contributed by atoms with Gasteiger partial charge in [-0.25, -0.2) is 18.2 Å². The lowest BCUT2D eigenvalue weighted by Gasteiger charge is -2.20. The van der Waals surface area contributed by atoms with E-state index in [4.69, 9.17) is 14.6 Å². The van der Waals surface area contributed by atoms with Crippen molar-refractivity contribution in [3.8, 4) is 5.75 Å². The third-order valence-electron chi connectivity index (χ3n) is 4.72. The predicted octanol–water partition coefficient (Wildman–Crippen LogP) is 2.19. The van der Waals surface area contributed by atoms with Gasteiger partial charge in [-0.2, -0.15) is 17.5 Å². The Morgan fingerprint density at radius 2 is 2.00 bits per heavy atom. The molecular formula is C18H21F3N4O5S. The van der Waals surface area contributed by atoms with Crippen LogP contribution in [-0.2, 0) is 34.5 Å². The number of rotatable bonds is 5. The molecule has 9 nitrogen and oxygen atoms in total. The Morgan fingerprint density at radius 1 is 1.29 bits per heavy atom. The summed E-state index contributed by atoms with van der Waals surface area (Å²) < 4.78 is 66.3. The topological polar surface area (TPSA) is 115 Å². The Kier molecular flexibility index (Phi) is 6.84. The summed E-state index contributed by atoms with van der Waals surface area (Å²) in [4.78, 5) is 17.3. The number of carboxylic acids is 1. The molecular weight excluding hydrogens is 441 g/mol. The van der Waals surface area contributed by atoms with Crippen molar-refractivity contribution in [2.24, 2.45) is 0 Å². The van der Waals surface area contributed by atoms with Gasteiger partial charge in [-0.15, -0.1) is 0 Å². The first-order chi connectivity index (χ1) is 14.6. The maximum Gasteiger partial charge on any atom is 0.490 e. The van der Waals surface area contributed by atoms with Crippen LogP contribution in [0.15, 0.2) is 30.9 Å². The second-order valence-corrected chi connectivity index (χ2v) is 9.26. The quantitative estimate of drug-likeness (QED) is 0.724. The average molecular weight is 462 g/mol. The minimum absolute atomic E-state index is 0.179. The maximum absolute atomic E-state index is 12.6. The van der Waals surface area contributed by atoms with Gasteiger partial charge in [0, 0.05) is 19.3 Å². The largest absolute Gasteiger partial charge is 0.490 e. The summed E-state index contributed by atoms with van der Waals surface area (Å²) in [6.07, 6.45) is 2.42. The molecule has 0 bridgehead atoms. The van der Waals surface area contributed by atoms with E-state index in [1.54, 1.807) is 23.0 Å². The van der Waals surface area contributed by atoms with Crippen molar-refractivity contribution in [3.63, 3.8) is 0 Å². The van der Waals surface area contributed by atoms with E-state index in [0.717, 1.165) is 37.2 Å². The van der Waals surface area contributed by atoms with Crippen LogP contribution in [0.1, 0.15) is 30.7 Å². The van der Waals surface area contributed by atoms with Gasteiger partial charge < -0.3 is 14.4 Å². The fourth-order valence-electron chi connectivity index (χ4n) is 2.99. The summed E-state index contributed by atoms with van der Waals surface area (Å²) in [6, 6.07) is 3.65.